The number of fused-ring (bicyclic) bond motifs is 1. The van der Waals surface area contributed by atoms with E-state index in [9.17, 15) is 0 Å². The van der Waals surface area contributed by atoms with Gasteiger partial charge in [-0.1, -0.05) is 0 Å². The monoisotopic (exact) mass is 246 g/mol. The Morgan fingerprint density at radius 1 is 1.39 bits per heavy atom. The summed E-state index contributed by atoms with van der Waals surface area (Å²) in [6, 6.07) is 7.26. The Bertz CT molecular complexity index is 413. The van der Waals surface area contributed by atoms with Crippen LogP contribution in [-0.4, -0.2) is 32.8 Å². The molecule has 18 heavy (non-hydrogen) atoms. The molecular weight excluding hydrogens is 224 g/mol. The number of benzene rings is 1. The number of anilines is 1. The van der Waals surface area contributed by atoms with Crippen molar-refractivity contribution in [1.29, 1.82) is 0 Å². The van der Waals surface area contributed by atoms with E-state index in [2.05, 4.69) is 35.5 Å². The molecular formula is C15H22N2O. The van der Waals surface area contributed by atoms with E-state index in [0.29, 0.717) is 6.04 Å². The molecule has 2 aliphatic rings. The summed E-state index contributed by atoms with van der Waals surface area (Å²) >= 11 is 0. The molecule has 0 spiro atoms. The predicted molar refractivity (Wildman–Crippen MR) is 74.6 cm³/mol. The second-order valence-corrected chi connectivity index (χ2v) is 5.42. The van der Waals surface area contributed by atoms with Gasteiger partial charge in [-0.3, -0.25) is 0 Å². The maximum Gasteiger partial charge on any atom is 0.122 e. The van der Waals surface area contributed by atoms with Crippen LogP contribution in [0.15, 0.2) is 18.2 Å². The highest BCUT2D eigenvalue weighted by Gasteiger charge is 2.17. The van der Waals surface area contributed by atoms with Gasteiger partial charge < -0.3 is 15.0 Å². The lowest BCUT2D eigenvalue weighted by molar-refractivity contribution is 0.288. The van der Waals surface area contributed by atoms with Gasteiger partial charge >= 0.3 is 0 Å². The minimum absolute atomic E-state index is 0.655. The first-order valence-corrected chi connectivity index (χ1v) is 7.03. The highest BCUT2D eigenvalue weighted by molar-refractivity contribution is 5.53. The van der Waals surface area contributed by atoms with Crippen molar-refractivity contribution in [2.75, 3.05) is 31.6 Å². The lowest BCUT2D eigenvalue weighted by Crippen LogP contribution is -2.35. The maximum atomic E-state index is 5.66. The minimum atomic E-state index is 0.655. The summed E-state index contributed by atoms with van der Waals surface area (Å²) in [5, 5.41) is 3.55. The van der Waals surface area contributed by atoms with E-state index in [1.165, 1.54) is 30.6 Å². The van der Waals surface area contributed by atoms with Crippen LogP contribution in [0.3, 0.4) is 0 Å². The molecule has 1 fully saturated rings. The standard InChI is InChI=1S/C15H22N2O/c1-17(11-13-5-2-8-16-13)14-6-7-15-12(10-14)4-3-9-18-15/h6-7,10,13,16H,2-5,8-9,11H2,1H3. The van der Waals surface area contributed by atoms with Gasteiger partial charge in [0, 0.05) is 25.3 Å². The third kappa shape index (κ3) is 2.46. The summed E-state index contributed by atoms with van der Waals surface area (Å²) in [6.07, 6.45) is 4.91. The fourth-order valence-electron chi connectivity index (χ4n) is 2.93. The van der Waals surface area contributed by atoms with Crippen molar-refractivity contribution in [3.05, 3.63) is 23.8 Å². The Labute approximate surface area is 109 Å². The number of likely N-dealkylation sites (N-methyl/N-ethyl adjacent to an activating group) is 1. The summed E-state index contributed by atoms with van der Waals surface area (Å²) in [5.41, 5.74) is 2.68. The first-order chi connectivity index (χ1) is 8.83. The number of nitrogens with one attached hydrogen (secondary N) is 1. The number of rotatable bonds is 3. The molecule has 0 aliphatic carbocycles. The van der Waals surface area contributed by atoms with Gasteiger partial charge in [0.15, 0.2) is 0 Å². The first kappa shape index (κ1) is 11.8. The van der Waals surface area contributed by atoms with Gasteiger partial charge in [0.1, 0.15) is 5.75 Å². The quantitative estimate of drug-likeness (QED) is 0.885. The van der Waals surface area contributed by atoms with Gasteiger partial charge in [-0.25, -0.2) is 0 Å². The lowest BCUT2D eigenvalue weighted by Gasteiger charge is -2.25. The number of hydrogen-bond donors (Lipinski definition) is 1. The third-order valence-electron chi connectivity index (χ3n) is 3.99. The van der Waals surface area contributed by atoms with Crippen molar-refractivity contribution in [2.45, 2.75) is 31.7 Å². The summed E-state index contributed by atoms with van der Waals surface area (Å²) < 4.78 is 5.66. The molecule has 3 nitrogen and oxygen atoms in total. The van der Waals surface area contributed by atoms with Crippen molar-refractivity contribution in [3.63, 3.8) is 0 Å². The molecule has 0 bridgehead atoms. The smallest absolute Gasteiger partial charge is 0.122 e. The van der Waals surface area contributed by atoms with Crippen molar-refractivity contribution >= 4 is 5.69 Å². The predicted octanol–water partition coefficient (Wildman–Crippen LogP) is 2.20. The molecule has 1 aromatic rings. The SMILES string of the molecule is CN(CC1CCCN1)c1ccc2c(c1)CCCO2. The van der Waals surface area contributed by atoms with Crippen molar-refractivity contribution in [2.24, 2.45) is 0 Å². The molecule has 0 aromatic heterocycles. The molecule has 1 unspecified atom stereocenters. The Hall–Kier alpha value is -1.22. The van der Waals surface area contributed by atoms with Crippen molar-refractivity contribution in [3.8, 4) is 5.75 Å². The number of nitrogens with zero attached hydrogens (tertiary/aromatic N) is 1. The Kier molecular flexibility index (Phi) is 3.41. The van der Waals surface area contributed by atoms with Gasteiger partial charge in [-0.2, -0.15) is 0 Å². The minimum Gasteiger partial charge on any atom is -0.493 e. The normalized spacial score (nSPS) is 22.4. The average molecular weight is 246 g/mol. The van der Waals surface area contributed by atoms with E-state index in [4.69, 9.17) is 4.74 Å². The molecule has 1 aromatic carbocycles. The third-order valence-corrected chi connectivity index (χ3v) is 3.99. The Morgan fingerprint density at radius 3 is 3.17 bits per heavy atom. The van der Waals surface area contributed by atoms with Gasteiger partial charge in [-0.15, -0.1) is 0 Å². The molecule has 0 amide bonds. The molecule has 3 heteroatoms. The molecule has 2 heterocycles. The summed E-state index contributed by atoms with van der Waals surface area (Å²) in [6.45, 7) is 3.14. The van der Waals surface area contributed by atoms with Crippen LogP contribution in [0.1, 0.15) is 24.8 Å². The van der Waals surface area contributed by atoms with Crippen molar-refractivity contribution in [1.82, 2.24) is 5.32 Å². The van der Waals surface area contributed by atoms with Crippen LogP contribution in [-0.2, 0) is 6.42 Å². The first-order valence-electron chi connectivity index (χ1n) is 7.03. The van der Waals surface area contributed by atoms with Crippen LogP contribution in [0, 0.1) is 0 Å². The maximum absolute atomic E-state index is 5.66. The Morgan fingerprint density at radius 2 is 2.33 bits per heavy atom. The largest absolute Gasteiger partial charge is 0.493 e. The molecule has 0 radical (unpaired) electrons. The zero-order chi connectivity index (χ0) is 12.4. The molecule has 3 rings (SSSR count). The number of aryl methyl sites for hydroxylation is 1. The summed E-state index contributed by atoms with van der Waals surface area (Å²) in [7, 11) is 2.19. The number of hydrogen-bond acceptors (Lipinski definition) is 3. The zero-order valence-electron chi connectivity index (χ0n) is 11.1. The molecule has 98 valence electrons. The fourth-order valence-corrected chi connectivity index (χ4v) is 2.93. The lowest BCUT2D eigenvalue weighted by atomic mass is 10.1. The van der Waals surface area contributed by atoms with E-state index in [-0.39, 0.29) is 0 Å². The van der Waals surface area contributed by atoms with Crippen LogP contribution in [0.2, 0.25) is 0 Å². The van der Waals surface area contributed by atoms with Crippen molar-refractivity contribution < 1.29 is 4.74 Å². The average Bonchev–Trinajstić information content (AvgIpc) is 2.91. The van der Waals surface area contributed by atoms with Crippen LogP contribution in [0.25, 0.3) is 0 Å². The highest BCUT2D eigenvalue weighted by Crippen LogP contribution is 2.29. The van der Waals surface area contributed by atoms with Crippen LogP contribution in [0.4, 0.5) is 5.69 Å². The van der Waals surface area contributed by atoms with E-state index in [0.717, 1.165) is 31.7 Å². The van der Waals surface area contributed by atoms with E-state index in [1.54, 1.807) is 0 Å². The van der Waals surface area contributed by atoms with Gasteiger partial charge in [-0.05, 0) is 56.0 Å². The second kappa shape index (κ2) is 5.19. The van der Waals surface area contributed by atoms with Crippen LogP contribution < -0.4 is 15.0 Å². The second-order valence-electron chi connectivity index (χ2n) is 5.42. The number of ether oxygens (including phenoxy) is 1. The Balaban J connectivity index is 1.70. The van der Waals surface area contributed by atoms with E-state index >= 15 is 0 Å². The summed E-state index contributed by atoms with van der Waals surface area (Å²) in [5.74, 6) is 1.08. The molecule has 1 N–H and O–H groups in total. The van der Waals surface area contributed by atoms with Crippen LogP contribution in [0.5, 0.6) is 5.75 Å². The molecule has 1 atom stereocenters. The van der Waals surface area contributed by atoms with Crippen LogP contribution >= 0.6 is 0 Å². The van der Waals surface area contributed by atoms with E-state index in [1.807, 2.05) is 0 Å². The molecule has 2 aliphatic heterocycles. The summed E-state index contributed by atoms with van der Waals surface area (Å²) in [4.78, 5) is 2.36. The van der Waals surface area contributed by atoms with Gasteiger partial charge in [0.2, 0.25) is 0 Å². The van der Waals surface area contributed by atoms with E-state index < -0.39 is 0 Å². The van der Waals surface area contributed by atoms with Gasteiger partial charge in [0.25, 0.3) is 0 Å². The highest BCUT2D eigenvalue weighted by atomic mass is 16.5. The van der Waals surface area contributed by atoms with Gasteiger partial charge in [0.05, 0.1) is 6.61 Å². The molecule has 1 saturated heterocycles. The fraction of sp³-hybridized carbons (Fsp3) is 0.600. The topological polar surface area (TPSA) is 24.5 Å². The molecule has 0 saturated carbocycles. The zero-order valence-corrected chi connectivity index (χ0v) is 11.1.